The number of pyridine rings is 1. The molecule has 2 aromatic carbocycles. The van der Waals surface area contributed by atoms with Gasteiger partial charge in [-0.25, -0.2) is 22.9 Å². The smallest absolute Gasteiger partial charge is 0.324 e. The number of benzene rings is 2. The van der Waals surface area contributed by atoms with Gasteiger partial charge in [-0.15, -0.1) is 0 Å². The van der Waals surface area contributed by atoms with Crippen molar-refractivity contribution in [3.8, 4) is 17.2 Å². The molecule has 4 aromatic rings. The molecule has 2 amide bonds. The Kier molecular flexibility index (Phi) is 6.90. The number of nitrogens with zero attached hydrogens (tertiary/aromatic N) is 3. The summed E-state index contributed by atoms with van der Waals surface area (Å²) in [6, 6.07) is 17.8. The average Bonchev–Trinajstić information content (AvgIpc) is 3.24. The van der Waals surface area contributed by atoms with Crippen LogP contribution in [0.1, 0.15) is 26.5 Å². The Balaban J connectivity index is 1.51. The van der Waals surface area contributed by atoms with E-state index in [2.05, 4.69) is 20.7 Å². The van der Waals surface area contributed by atoms with E-state index in [4.69, 9.17) is 10.5 Å². The summed E-state index contributed by atoms with van der Waals surface area (Å²) in [4.78, 5) is 17.0. The highest BCUT2D eigenvalue weighted by molar-refractivity contribution is 7.90. The summed E-state index contributed by atoms with van der Waals surface area (Å²) in [5.41, 5.74) is 7.32. The number of hydrogen-bond donors (Lipinski definition) is 3. The number of carbonyl (C=O) groups is 1. The van der Waals surface area contributed by atoms with Crippen molar-refractivity contribution in [3.05, 3.63) is 78.6 Å². The van der Waals surface area contributed by atoms with E-state index in [1.54, 1.807) is 65.5 Å². The van der Waals surface area contributed by atoms with Crippen molar-refractivity contribution in [2.75, 3.05) is 22.6 Å². The monoisotopic (exact) mass is 520 g/mol. The van der Waals surface area contributed by atoms with Gasteiger partial charge < -0.3 is 15.8 Å². The highest BCUT2D eigenvalue weighted by Crippen LogP contribution is 2.27. The number of amides is 2. The van der Waals surface area contributed by atoms with Crippen molar-refractivity contribution in [3.63, 3.8) is 0 Å². The van der Waals surface area contributed by atoms with Crippen LogP contribution in [0.5, 0.6) is 11.5 Å². The van der Waals surface area contributed by atoms with Gasteiger partial charge in [0, 0.05) is 35.7 Å². The SMILES string of the molecule is CC(C)(C)c1cc(NC(=O)Nc2ccc(Oc3ccnc(N)c3)cc2)n(-c2ccc(S(C)(=O)=O)cc2)n1. The second-order valence-corrected chi connectivity index (χ2v) is 11.5. The third kappa shape index (κ3) is 6.44. The standard InChI is InChI=1S/C26H28N6O4S/c1-26(2,3)22-16-24(32(31-22)18-7-11-21(12-8-18)37(4,34)35)30-25(33)29-17-5-9-19(10-6-17)36-20-13-14-28-23(27)15-20/h5-16H,1-4H3,(H2,27,28)(H2,29,30,33). The number of sulfone groups is 1. The zero-order valence-electron chi connectivity index (χ0n) is 20.9. The van der Waals surface area contributed by atoms with E-state index in [1.165, 1.54) is 12.1 Å². The molecule has 2 aromatic heterocycles. The topological polar surface area (TPSA) is 141 Å². The second-order valence-electron chi connectivity index (χ2n) is 9.46. The molecule has 0 aliphatic heterocycles. The van der Waals surface area contributed by atoms with Crippen LogP contribution in [0.2, 0.25) is 0 Å². The van der Waals surface area contributed by atoms with Gasteiger partial charge in [0.25, 0.3) is 0 Å². The lowest BCUT2D eigenvalue weighted by Gasteiger charge is -2.14. The van der Waals surface area contributed by atoms with E-state index in [0.717, 1.165) is 11.9 Å². The minimum absolute atomic E-state index is 0.200. The molecule has 11 heteroatoms. The van der Waals surface area contributed by atoms with Crippen molar-refractivity contribution < 1.29 is 17.9 Å². The van der Waals surface area contributed by atoms with E-state index in [1.807, 2.05) is 20.8 Å². The van der Waals surface area contributed by atoms with Crippen LogP contribution in [0.4, 0.5) is 22.1 Å². The van der Waals surface area contributed by atoms with Crippen LogP contribution in [-0.2, 0) is 15.3 Å². The van der Waals surface area contributed by atoms with E-state index in [9.17, 15) is 13.2 Å². The first-order chi connectivity index (χ1) is 17.4. The van der Waals surface area contributed by atoms with Crippen molar-refractivity contribution in [2.24, 2.45) is 0 Å². The summed E-state index contributed by atoms with van der Waals surface area (Å²) in [6.07, 6.45) is 2.71. The Bertz CT molecular complexity index is 1520. The molecule has 0 aliphatic carbocycles. The van der Waals surface area contributed by atoms with E-state index >= 15 is 0 Å². The highest BCUT2D eigenvalue weighted by Gasteiger charge is 2.22. The zero-order valence-corrected chi connectivity index (χ0v) is 21.7. The molecule has 4 N–H and O–H groups in total. The number of aromatic nitrogens is 3. The van der Waals surface area contributed by atoms with E-state index in [-0.39, 0.29) is 10.3 Å². The lowest BCUT2D eigenvalue weighted by atomic mass is 9.92. The first-order valence-electron chi connectivity index (χ1n) is 11.4. The summed E-state index contributed by atoms with van der Waals surface area (Å²) in [5, 5.41) is 10.3. The number of nitrogens with two attached hydrogens (primary N) is 1. The minimum atomic E-state index is -3.33. The molecule has 0 unspecified atom stereocenters. The van der Waals surface area contributed by atoms with Gasteiger partial charge in [0.05, 0.1) is 16.3 Å². The van der Waals surface area contributed by atoms with E-state index in [0.29, 0.717) is 34.5 Å². The Morgan fingerprint density at radius 1 is 0.946 bits per heavy atom. The third-order valence-corrected chi connectivity index (χ3v) is 6.46. The Morgan fingerprint density at radius 2 is 1.62 bits per heavy atom. The number of hydrogen-bond acceptors (Lipinski definition) is 7. The van der Waals surface area contributed by atoms with Crippen molar-refractivity contribution in [1.29, 1.82) is 0 Å². The summed E-state index contributed by atoms with van der Waals surface area (Å²) in [6.45, 7) is 6.04. The first-order valence-corrected chi connectivity index (χ1v) is 13.3. The maximum absolute atomic E-state index is 12.8. The molecular formula is C26H28N6O4S. The van der Waals surface area contributed by atoms with Crippen LogP contribution in [0, 0.1) is 0 Å². The molecular weight excluding hydrogens is 492 g/mol. The molecule has 2 heterocycles. The molecule has 0 fully saturated rings. The molecule has 0 atom stereocenters. The maximum atomic E-state index is 12.8. The van der Waals surface area contributed by atoms with Crippen LogP contribution in [-0.4, -0.2) is 35.5 Å². The summed E-state index contributed by atoms with van der Waals surface area (Å²) < 4.78 is 31.0. The number of anilines is 3. The van der Waals surface area contributed by atoms with Gasteiger partial charge in [-0.3, -0.25) is 5.32 Å². The number of rotatable bonds is 6. The predicted octanol–water partition coefficient (Wildman–Crippen LogP) is 4.99. The van der Waals surface area contributed by atoms with Crippen LogP contribution in [0.3, 0.4) is 0 Å². The van der Waals surface area contributed by atoms with Gasteiger partial charge in [-0.05, 0) is 54.6 Å². The number of nitrogens with one attached hydrogen (secondary N) is 2. The molecule has 0 radical (unpaired) electrons. The quantitative estimate of drug-likeness (QED) is 0.325. The average molecular weight is 521 g/mol. The third-order valence-electron chi connectivity index (χ3n) is 5.33. The lowest BCUT2D eigenvalue weighted by Crippen LogP contribution is -2.21. The summed E-state index contributed by atoms with van der Waals surface area (Å²) in [5.74, 6) is 1.91. The number of carbonyl (C=O) groups excluding carboxylic acids is 1. The van der Waals surface area contributed by atoms with Gasteiger partial charge in [0.2, 0.25) is 0 Å². The fourth-order valence-electron chi connectivity index (χ4n) is 3.38. The first kappa shape index (κ1) is 25.7. The Labute approximate surface area is 215 Å². The van der Waals surface area contributed by atoms with Gasteiger partial charge in [0.1, 0.15) is 23.1 Å². The van der Waals surface area contributed by atoms with Crippen LogP contribution >= 0.6 is 0 Å². The fourth-order valence-corrected chi connectivity index (χ4v) is 4.01. The van der Waals surface area contributed by atoms with Crippen molar-refractivity contribution in [2.45, 2.75) is 31.1 Å². The minimum Gasteiger partial charge on any atom is -0.457 e. The molecule has 4 rings (SSSR count). The van der Waals surface area contributed by atoms with Crippen LogP contribution in [0.15, 0.2) is 77.8 Å². The number of urea groups is 1. The van der Waals surface area contributed by atoms with Crippen molar-refractivity contribution >= 4 is 33.2 Å². The molecule has 192 valence electrons. The van der Waals surface area contributed by atoms with Gasteiger partial charge in [0.15, 0.2) is 9.84 Å². The maximum Gasteiger partial charge on any atom is 0.324 e. The number of ether oxygens (including phenoxy) is 1. The zero-order chi connectivity index (χ0) is 26.8. The Morgan fingerprint density at radius 3 is 2.22 bits per heavy atom. The van der Waals surface area contributed by atoms with Gasteiger partial charge in [-0.1, -0.05) is 20.8 Å². The summed E-state index contributed by atoms with van der Waals surface area (Å²) >= 11 is 0. The van der Waals surface area contributed by atoms with Gasteiger partial charge in [-0.2, -0.15) is 5.10 Å². The molecule has 37 heavy (non-hydrogen) atoms. The molecule has 0 aliphatic rings. The number of nitrogen functional groups attached to an aromatic ring is 1. The second kappa shape index (κ2) is 9.94. The largest absolute Gasteiger partial charge is 0.457 e. The molecule has 0 saturated carbocycles. The summed E-state index contributed by atoms with van der Waals surface area (Å²) in [7, 11) is -3.33. The molecule has 10 nitrogen and oxygen atoms in total. The van der Waals surface area contributed by atoms with Crippen LogP contribution in [0.25, 0.3) is 5.69 Å². The van der Waals surface area contributed by atoms with Crippen molar-refractivity contribution in [1.82, 2.24) is 14.8 Å². The lowest BCUT2D eigenvalue weighted by molar-refractivity contribution is 0.262. The fraction of sp³-hybridized carbons (Fsp3) is 0.192. The van der Waals surface area contributed by atoms with E-state index < -0.39 is 15.9 Å². The molecule has 0 spiro atoms. The Hall–Kier alpha value is -4.38. The predicted molar refractivity (Wildman–Crippen MR) is 143 cm³/mol. The van der Waals surface area contributed by atoms with Gasteiger partial charge >= 0.3 is 6.03 Å². The molecule has 0 saturated heterocycles. The normalized spacial score (nSPS) is 11.7. The highest BCUT2D eigenvalue weighted by atomic mass is 32.2. The van der Waals surface area contributed by atoms with Crippen LogP contribution < -0.4 is 21.1 Å². The molecule has 0 bridgehead atoms.